The molecular formula is C88H171NO5. The lowest BCUT2D eigenvalue weighted by Gasteiger charge is -2.20. The Morgan fingerprint density at radius 3 is 0.755 bits per heavy atom. The molecule has 0 saturated carbocycles. The van der Waals surface area contributed by atoms with E-state index in [1.54, 1.807) is 6.08 Å². The molecule has 94 heavy (non-hydrogen) atoms. The molecule has 0 aliphatic rings. The number of nitrogens with one attached hydrogen (secondary N) is 1. The second-order valence-electron chi connectivity index (χ2n) is 30.2. The number of aliphatic hydroxyl groups is 2. The zero-order chi connectivity index (χ0) is 67.7. The summed E-state index contributed by atoms with van der Waals surface area (Å²) in [5.74, 6) is -0.0343. The minimum Gasteiger partial charge on any atom is -0.466 e. The van der Waals surface area contributed by atoms with Crippen LogP contribution in [0.25, 0.3) is 0 Å². The van der Waals surface area contributed by atoms with E-state index in [9.17, 15) is 19.8 Å². The van der Waals surface area contributed by atoms with Crippen LogP contribution in [0.3, 0.4) is 0 Å². The Morgan fingerprint density at radius 2 is 0.500 bits per heavy atom. The molecule has 3 N–H and O–H groups in total. The largest absolute Gasteiger partial charge is 0.466 e. The van der Waals surface area contributed by atoms with Gasteiger partial charge < -0.3 is 20.3 Å². The van der Waals surface area contributed by atoms with Crippen molar-refractivity contribution in [3.8, 4) is 0 Å². The molecule has 1 amide bonds. The highest BCUT2D eigenvalue weighted by atomic mass is 16.5. The van der Waals surface area contributed by atoms with Gasteiger partial charge in [0.25, 0.3) is 0 Å². The van der Waals surface area contributed by atoms with Crippen LogP contribution < -0.4 is 5.32 Å². The van der Waals surface area contributed by atoms with Crippen molar-refractivity contribution in [2.75, 3.05) is 13.2 Å². The SMILES string of the molecule is CCCCCCCCCCCCCCCCCCCCCCCCC/C=C/C(O)C(CO)NC(=O)CCCCCCCCCCCCCCCCCCC/C=C\CCCCCCCCCCCCCCOC(=O)CCCCCCCCCCCCCCCCCCCCC. The molecule has 2 atom stereocenters. The topological polar surface area (TPSA) is 95.9 Å². The van der Waals surface area contributed by atoms with Crippen LogP contribution in [0.5, 0.6) is 0 Å². The van der Waals surface area contributed by atoms with Gasteiger partial charge >= 0.3 is 5.97 Å². The zero-order valence-corrected chi connectivity index (χ0v) is 64.2. The van der Waals surface area contributed by atoms with E-state index in [0.29, 0.717) is 19.4 Å². The Hall–Kier alpha value is -1.66. The van der Waals surface area contributed by atoms with E-state index in [2.05, 4.69) is 31.3 Å². The lowest BCUT2D eigenvalue weighted by atomic mass is 10.0. The van der Waals surface area contributed by atoms with Gasteiger partial charge in [-0.25, -0.2) is 0 Å². The van der Waals surface area contributed by atoms with Crippen molar-refractivity contribution in [3.05, 3.63) is 24.3 Å². The van der Waals surface area contributed by atoms with E-state index < -0.39 is 12.1 Å². The Labute approximate surface area is 590 Å². The third-order valence-electron chi connectivity index (χ3n) is 20.7. The second-order valence-corrected chi connectivity index (χ2v) is 30.2. The van der Waals surface area contributed by atoms with Gasteiger partial charge in [-0.1, -0.05) is 456 Å². The minimum atomic E-state index is -0.844. The molecule has 0 saturated heterocycles. The Bertz CT molecular complexity index is 1480. The Kier molecular flexibility index (Phi) is 82.3. The average Bonchev–Trinajstić information content (AvgIpc) is 3.66. The number of aliphatic hydroxyl groups excluding tert-OH is 2. The molecule has 0 radical (unpaired) electrons. The van der Waals surface area contributed by atoms with Gasteiger partial charge in [-0.05, 0) is 57.8 Å². The molecule has 0 aliphatic heterocycles. The maximum absolute atomic E-state index is 12.6. The Balaban J connectivity index is 3.36. The van der Waals surface area contributed by atoms with Crippen LogP contribution in [-0.4, -0.2) is 47.4 Å². The van der Waals surface area contributed by atoms with Crippen LogP contribution in [0.4, 0.5) is 0 Å². The van der Waals surface area contributed by atoms with E-state index in [0.717, 1.165) is 38.5 Å². The summed E-state index contributed by atoms with van der Waals surface area (Å²) in [5.41, 5.74) is 0. The molecule has 0 aromatic heterocycles. The van der Waals surface area contributed by atoms with Gasteiger partial charge in [0.05, 0.1) is 25.4 Å². The third-order valence-corrected chi connectivity index (χ3v) is 20.7. The lowest BCUT2D eigenvalue weighted by molar-refractivity contribution is -0.143. The molecule has 0 aliphatic carbocycles. The van der Waals surface area contributed by atoms with E-state index in [1.807, 2.05) is 6.08 Å². The van der Waals surface area contributed by atoms with E-state index in [1.165, 1.54) is 437 Å². The molecule has 0 rings (SSSR count). The second kappa shape index (κ2) is 83.8. The molecule has 0 aromatic rings. The summed E-state index contributed by atoms with van der Waals surface area (Å²) < 4.78 is 5.52. The summed E-state index contributed by atoms with van der Waals surface area (Å²) in [6.45, 7) is 4.97. The van der Waals surface area contributed by atoms with E-state index in [-0.39, 0.29) is 18.5 Å². The van der Waals surface area contributed by atoms with Gasteiger partial charge in [0.15, 0.2) is 0 Å². The molecule has 6 heteroatoms. The van der Waals surface area contributed by atoms with Gasteiger partial charge in [-0.2, -0.15) is 0 Å². The smallest absolute Gasteiger partial charge is 0.305 e. The first-order valence-electron chi connectivity index (χ1n) is 43.6. The van der Waals surface area contributed by atoms with Gasteiger partial charge in [-0.3, -0.25) is 9.59 Å². The van der Waals surface area contributed by atoms with Gasteiger partial charge in [0.1, 0.15) is 0 Å². The normalized spacial score (nSPS) is 12.5. The number of carbonyl (C=O) groups is 2. The lowest BCUT2D eigenvalue weighted by Crippen LogP contribution is -2.45. The van der Waals surface area contributed by atoms with Crippen LogP contribution in [0.1, 0.15) is 502 Å². The van der Waals surface area contributed by atoms with Gasteiger partial charge in [0, 0.05) is 12.8 Å². The number of amides is 1. The number of ether oxygens (including phenoxy) is 1. The Morgan fingerprint density at radius 1 is 0.287 bits per heavy atom. The number of hydrogen-bond acceptors (Lipinski definition) is 5. The van der Waals surface area contributed by atoms with Gasteiger partial charge in [0.2, 0.25) is 5.91 Å². The molecule has 6 nitrogen and oxygen atoms in total. The highest BCUT2D eigenvalue weighted by molar-refractivity contribution is 5.76. The first-order chi connectivity index (χ1) is 46.5. The molecular weight excluding hydrogens is 1150 g/mol. The molecule has 0 fully saturated rings. The molecule has 0 bridgehead atoms. The molecule has 2 unspecified atom stereocenters. The number of rotatable bonds is 83. The predicted octanol–water partition coefficient (Wildman–Crippen LogP) is 29.2. The van der Waals surface area contributed by atoms with Crippen molar-refractivity contribution in [2.24, 2.45) is 0 Å². The fourth-order valence-corrected chi connectivity index (χ4v) is 14.1. The van der Waals surface area contributed by atoms with Crippen molar-refractivity contribution >= 4 is 11.9 Å². The van der Waals surface area contributed by atoms with Crippen molar-refractivity contribution < 1.29 is 24.5 Å². The summed E-state index contributed by atoms with van der Waals surface area (Å²) in [6, 6.07) is -0.627. The quantitative estimate of drug-likeness (QED) is 0.0320. The van der Waals surface area contributed by atoms with E-state index >= 15 is 0 Å². The maximum atomic E-state index is 12.6. The first-order valence-corrected chi connectivity index (χ1v) is 43.6. The van der Waals surface area contributed by atoms with E-state index in [4.69, 9.17) is 4.74 Å². The number of unbranched alkanes of at least 4 members (excludes halogenated alkanes) is 70. The van der Waals surface area contributed by atoms with Crippen molar-refractivity contribution in [3.63, 3.8) is 0 Å². The summed E-state index contributed by atoms with van der Waals surface area (Å²) in [6.07, 6.45) is 109. The van der Waals surface area contributed by atoms with Crippen molar-refractivity contribution in [1.29, 1.82) is 0 Å². The highest BCUT2D eigenvalue weighted by Crippen LogP contribution is 2.21. The fourth-order valence-electron chi connectivity index (χ4n) is 14.1. The minimum absolute atomic E-state index is 0.0246. The summed E-state index contributed by atoms with van der Waals surface area (Å²) in [7, 11) is 0. The third kappa shape index (κ3) is 79.3. The predicted molar refractivity (Wildman–Crippen MR) is 417 cm³/mol. The van der Waals surface area contributed by atoms with Crippen molar-refractivity contribution in [2.45, 2.75) is 514 Å². The highest BCUT2D eigenvalue weighted by Gasteiger charge is 2.18. The number of esters is 1. The van der Waals surface area contributed by atoms with Crippen LogP contribution in [0.2, 0.25) is 0 Å². The average molecular weight is 1320 g/mol. The molecule has 558 valence electrons. The molecule has 0 aromatic carbocycles. The summed E-state index contributed by atoms with van der Waals surface area (Å²) in [4.78, 5) is 24.7. The zero-order valence-electron chi connectivity index (χ0n) is 64.2. The molecule has 0 spiro atoms. The summed E-state index contributed by atoms with van der Waals surface area (Å²) >= 11 is 0. The number of carbonyl (C=O) groups excluding carboxylic acids is 2. The van der Waals surface area contributed by atoms with Crippen molar-refractivity contribution in [1.82, 2.24) is 5.32 Å². The number of allylic oxidation sites excluding steroid dienone is 3. The number of hydrogen-bond donors (Lipinski definition) is 3. The standard InChI is InChI=1S/C88H171NO5/c1-3-5-7-9-11-13-15-17-19-21-23-24-25-35-38-41-45-48-52-56-60-64-68-72-76-80-86(91)85(84-90)89-87(92)81-77-73-69-65-61-57-53-49-46-42-39-36-33-31-29-27-26-28-30-32-34-37-40-43-47-51-55-59-63-67-71-75-79-83-94-88(93)82-78-74-70-66-62-58-54-50-44-22-20-18-16-14-12-10-8-6-4-2/h30,32,76,80,85-86,90-91H,3-29,31,33-75,77-79,81-84H2,1-2H3,(H,89,92)/b32-30-,80-76+. The van der Waals surface area contributed by atoms with Crippen LogP contribution in [0, 0.1) is 0 Å². The first kappa shape index (κ1) is 92.3. The fraction of sp³-hybridized carbons (Fsp3) is 0.932. The maximum Gasteiger partial charge on any atom is 0.305 e. The van der Waals surface area contributed by atoms with Gasteiger partial charge in [-0.15, -0.1) is 0 Å². The monoisotopic (exact) mass is 1320 g/mol. The van der Waals surface area contributed by atoms with Crippen LogP contribution in [0.15, 0.2) is 24.3 Å². The molecule has 0 heterocycles. The van der Waals surface area contributed by atoms with Crippen LogP contribution in [-0.2, 0) is 14.3 Å². The van der Waals surface area contributed by atoms with Crippen LogP contribution >= 0.6 is 0 Å². The summed E-state index contributed by atoms with van der Waals surface area (Å²) in [5, 5.41) is 23.3.